The normalized spacial score (nSPS) is 11.8. The number of aromatic nitrogens is 2. The zero-order valence-corrected chi connectivity index (χ0v) is 24.2. The molecule has 0 spiro atoms. The quantitative estimate of drug-likeness (QED) is 0.165. The van der Waals surface area contributed by atoms with E-state index in [2.05, 4.69) is 10.1 Å². The summed E-state index contributed by atoms with van der Waals surface area (Å²) in [6.45, 7) is 0.250. The summed E-state index contributed by atoms with van der Waals surface area (Å²) < 4.78 is 59.0. The number of methoxy groups -OCH3 is 2. The van der Waals surface area contributed by atoms with Gasteiger partial charge in [-0.3, -0.25) is 4.79 Å². The van der Waals surface area contributed by atoms with Gasteiger partial charge in [-0.05, 0) is 52.7 Å². The first kappa shape index (κ1) is 29.4. The van der Waals surface area contributed by atoms with Crippen molar-refractivity contribution in [2.75, 3.05) is 14.2 Å². The number of nitrogens with zero attached hydrogens (tertiary/aromatic N) is 3. The van der Waals surface area contributed by atoms with Crippen LogP contribution < -0.4 is 19.8 Å². The summed E-state index contributed by atoms with van der Waals surface area (Å²) in [5.41, 5.74) is 0.462. The molecule has 226 valence electrons. The van der Waals surface area contributed by atoms with Gasteiger partial charge >= 0.3 is 6.18 Å². The molecule has 0 N–H and O–H groups in total. The highest BCUT2D eigenvalue weighted by atomic mass is 19.4. The van der Waals surface area contributed by atoms with Gasteiger partial charge in [0.1, 0.15) is 6.61 Å². The molecule has 0 aliphatic heterocycles. The van der Waals surface area contributed by atoms with Gasteiger partial charge in [-0.2, -0.15) is 22.9 Å². The Morgan fingerprint density at radius 1 is 0.822 bits per heavy atom. The number of hydrogen-bond acceptors (Lipinski definition) is 6. The molecular weight excluding hydrogens is 583 g/mol. The summed E-state index contributed by atoms with van der Waals surface area (Å²) in [5.74, 6) is 1.05. The molecular formula is C35H26F3N3O4. The molecule has 1 aromatic heterocycles. The summed E-state index contributed by atoms with van der Waals surface area (Å²) in [6.07, 6.45) is -3.19. The lowest BCUT2D eigenvalue weighted by Gasteiger charge is -2.16. The lowest BCUT2D eigenvalue weighted by Crippen LogP contribution is -2.20. The van der Waals surface area contributed by atoms with E-state index in [-0.39, 0.29) is 23.4 Å². The highest BCUT2D eigenvalue weighted by Gasteiger charge is 2.31. The summed E-state index contributed by atoms with van der Waals surface area (Å²) in [6, 6.07) is 28.5. The predicted molar refractivity (Wildman–Crippen MR) is 167 cm³/mol. The summed E-state index contributed by atoms with van der Waals surface area (Å²) >= 11 is 0. The molecule has 0 fully saturated rings. The van der Waals surface area contributed by atoms with Crippen molar-refractivity contribution < 1.29 is 27.4 Å². The Hall–Kier alpha value is -5.64. The van der Waals surface area contributed by atoms with E-state index >= 15 is 0 Å². The lowest BCUT2D eigenvalue weighted by atomic mass is 10.1. The summed E-state index contributed by atoms with van der Waals surface area (Å²) in [4.78, 5) is 18.1. The Kier molecular flexibility index (Phi) is 7.95. The second-order valence-electron chi connectivity index (χ2n) is 10.1. The second-order valence-corrected chi connectivity index (χ2v) is 10.1. The minimum absolute atomic E-state index is 0.0463. The van der Waals surface area contributed by atoms with Crippen LogP contribution in [0.3, 0.4) is 0 Å². The van der Waals surface area contributed by atoms with Gasteiger partial charge in [-0.25, -0.2) is 4.98 Å². The van der Waals surface area contributed by atoms with Crippen molar-refractivity contribution in [3.63, 3.8) is 0 Å². The SMILES string of the molecule is COc1cc(C=Nn2c(-c3cccc(C(F)(F)F)c3)nc3ccccc3c2=O)cc(OC)c1OCc1cccc2ccccc12. The minimum atomic E-state index is -4.58. The van der Waals surface area contributed by atoms with Crippen LogP contribution in [-0.2, 0) is 12.8 Å². The average molecular weight is 610 g/mol. The third-order valence-corrected chi connectivity index (χ3v) is 7.26. The highest BCUT2D eigenvalue weighted by molar-refractivity contribution is 5.86. The molecule has 0 amide bonds. The third-order valence-electron chi connectivity index (χ3n) is 7.26. The molecule has 0 atom stereocenters. The van der Waals surface area contributed by atoms with Crippen LogP contribution in [0.4, 0.5) is 13.2 Å². The van der Waals surface area contributed by atoms with E-state index in [1.165, 1.54) is 32.6 Å². The molecule has 0 radical (unpaired) electrons. The topological polar surface area (TPSA) is 74.9 Å². The third kappa shape index (κ3) is 5.95. The number of alkyl halides is 3. The van der Waals surface area contributed by atoms with Gasteiger partial charge in [-0.1, -0.05) is 66.7 Å². The van der Waals surface area contributed by atoms with Crippen LogP contribution in [0.2, 0.25) is 0 Å². The summed E-state index contributed by atoms with van der Waals surface area (Å²) in [5, 5.41) is 6.80. The van der Waals surface area contributed by atoms with Crippen LogP contribution in [0.5, 0.6) is 17.2 Å². The molecule has 6 rings (SSSR count). The van der Waals surface area contributed by atoms with Crippen LogP contribution in [0, 0.1) is 0 Å². The van der Waals surface area contributed by atoms with E-state index in [9.17, 15) is 18.0 Å². The Morgan fingerprint density at radius 3 is 2.22 bits per heavy atom. The number of ether oxygens (including phenoxy) is 3. The molecule has 45 heavy (non-hydrogen) atoms. The number of halogens is 3. The van der Waals surface area contributed by atoms with Crippen molar-refractivity contribution in [2.24, 2.45) is 5.10 Å². The van der Waals surface area contributed by atoms with E-state index in [0.29, 0.717) is 28.3 Å². The first-order valence-corrected chi connectivity index (χ1v) is 13.9. The molecule has 7 nitrogen and oxygen atoms in total. The Balaban J connectivity index is 1.39. The minimum Gasteiger partial charge on any atom is -0.493 e. The molecule has 0 bridgehead atoms. The fourth-order valence-electron chi connectivity index (χ4n) is 5.06. The van der Waals surface area contributed by atoms with E-state index in [0.717, 1.165) is 33.1 Å². The summed E-state index contributed by atoms with van der Waals surface area (Å²) in [7, 11) is 2.98. The smallest absolute Gasteiger partial charge is 0.416 e. The van der Waals surface area contributed by atoms with Crippen molar-refractivity contribution in [3.05, 3.63) is 130 Å². The molecule has 1 heterocycles. The Bertz CT molecular complexity index is 2090. The predicted octanol–water partition coefficient (Wildman–Crippen LogP) is 7.71. The molecule has 0 saturated heterocycles. The number of hydrogen-bond donors (Lipinski definition) is 0. The lowest BCUT2D eigenvalue weighted by molar-refractivity contribution is -0.137. The first-order valence-electron chi connectivity index (χ1n) is 13.9. The van der Waals surface area contributed by atoms with Gasteiger partial charge in [-0.15, -0.1) is 0 Å². The second kappa shape index (κ2) is 12.2. The van der Waals surface area contributed by atoms with Crippen LogP contribution in [-0.4, -0.2) is 30.1 Å². The van der Waals surface area contributed by atoms with Crippen molar-refractivity contribution in [2.45, 2.75) is 12.8 Å². The average Bonchev–Trinajstić information content (AvgIpc) is 3.06. The van der Waals surface area contributed by atoms with Gasteiger partial charge in [0.15, 0.2) is 17.3 Å². The first-order chi connectivity index (χ1) is 21.8. The monoisotopic (exact) mass is 609 g/mol. The van der Waals surface area contributed by atoms with Crippen LogP contribution in [0.15, 0.2) is 113 Å². The molecule has 10 heteroatoms. The molecule has 0 aliphatic rings. The van der Waals surface area contributed by atoms with Gasteiger partial charge < -0.3 is 14.2 Å². The molecule has 6 aromatic rings. The fourth-order valence-corrected chi connectivity index (χ4v) is 5.06. The zero-order valence-electron chi connectivity index (χ0n) is 24.2. The maximum atomic E-state index is 13.6. The Morgan fingerprint density at radius 2 is 1.49 bits per heavy atom. The van der Waals surface area contributed by atoms with Gasteiger partial charge in [0, 0.05) is 11.1 Å². The van der Waals surface area contributed by atoms with Crippen LogP contribution in [0.1, 0.15) is 16.7 Å². The van der Waals surface area contributed by atoms with Crippen molar-refractivity contribution >= 4 is 27.9 Å². The zero-order chi connectivity index (χ0) is 31.6. The number of fused-ring (bicyclic) bond motifs is 2. The van der Waals surface area contributed by atoms with Crippen LogP contribution in [0.25, 0.3) is 33.1 Å². The highest BCUT2D eigenvalue weighted by Crippen LogP contribution is 2.39. The molecule has 0 aliphatic carbocycles. The molecule has 0 unspecified atom stereocenters. The largest absolute Gasteiger partial charge is 0.493 e. The molecule has 5 aromatic carbocycles. The van der Waals surface area contributed by atoms with E-state index in [1.807, 2.05) is 42.5 Å². The van der Waals surface area contributed by atoms with E-state index < -0.39 is 17.3 Å². The van der Waals surface area contributed by atoms with Gasteiger partial charge in [0.2, 0.25) is 5.75 Å². The number of rotatable bonds is 8. The van der Waals surface area contributed by atoms with Gasteiger partial charge in [0.25, 0.3) is 5.56 Å². The standard InChI is InChI=1S/C35H26F3N3O4/c1-43-30-17-22(18-31(44-2)32(30)45-21-25-12-7-10-23-9-3-4-14-27(23)25)20-39-41-33(24-11-8-13-26(19-24)35(36,37)38)40-29-16-6-5-15-28(29)34(41)42/h3-20H,21H2,1-2H3. The number of para-hydroxylation sites is 1. The maximum Gasteiger partial charge on any atom is 0.416 e. The van der Waals surface area contributed by atoms with Crippen LogP contribution >= 0.6 is 0 Å². The molecule has 0 saturated carbocycles. The van der Waals surface area contributed by atoms with E-state index in [4.69, 9.17) is 14.2 Å². The maximum absolute atomic E-state index is 13.6. The fraction of sp³-hybridized carbons (Fsp3) is 0.114. The number of benzene rings is 5. The van der Waals surface area contributed by atoms with Crippen molar-refractivity contribution in [3.8, 4) is 28.6 Å². The van der Waals surface area contributed by atoms with Gasteiger partial charge in [0.05, 0.1) is 36.9 Å². The Labute approximate surface area is 255 Å². The van der Waals surface area contributed by atoms with Crippen molar-refractivity contribution in [1.29, 1.82) is 0 Å². The van der Waals surface area contributed by atoms with E-state index in [1.54, 1.807) is 36.4 Å². The van der Waals surface area contributed by atoms with Crippen molar-refractivity contribution in [1.82, 2.24) is 9.66 Å².